The van der Waals surface area contributed by atoms with Crippen LogP contribution in [0.2, 0.25) is 5.02 Å². The van der Waals surface area contributed by atoms with Gasteiger partial charge in [-0.3, -0.25) is 4.79 Å². The lowest BCUT2D eigenvalue weighted by molar-refractivity contribution is 0.0943. The number of hydrogen-bond donors (Lipinski definition) is 0. The van der Waals surface area contributed by atoms with Gasteiger partial charge >= 0.3 is 6.01 Å². The summed E-state index contributed by atoms with van der Waals surface area (Å²) in [7, 11) is 0. The van der Waals surface area contributed by atoms with Crippen LogP contribution in [0.4, 0.5) is 0 Å². The molecule has 0 unspecified atom stereocenters. The maximum Gasteiger partial charge on any atom is 0.336 e. The highest BCUT2D eigenvalue weighted by Crippen LogP contribution is 2.24. The third kappa shape index (κ3) is 3.78. The number of halogens is 1. The van der Waals surface area contributed by atoms with Crippen LogP contribution in [0, 0.1) is 0 Å². The smallest absolute Gasteiger partial charge is 0.336 e. The zero-order valence-electron chi connectivity index (χ0n) is 14.9. The van der Waals surface area contributed by atoms with Crippen LogP contribution in [0.1, 0.15) is 36.7 Å². The molecule has 2 aromatic carbocycles. The molecule has 0 saturated heterocycles. The van der Waals surface area contributed by atoms with E-state index in [0.29, 0.717) is 16.4 Å². The molecule has 0 fully saturated rings. The standard InChI is InChI=1S/C20H20ClN3O2/c1-4-14-9-11-15(12-10-14)18-22-20(26-13(2)3)23-24(18)19(25)16-7-5-6-8-17(16)21/h5-13H,4H2,1-3H3. The number of ether oxygens (including phenoxy) is 1. The molecule has 0 atom stereocenters. The Morgan fingerprint density at radius 3 is 2.46 bits per heavy atom. The fourth-order valence-electron chi connectivity index (χ4n) is 2.52. The first kappa shape index (κ1) is 18.1. The van der Waals surface area contributed by atoms with Crippen molar-refractivity contribution in [3.05, 3.63) is 64.7 Å². The molecule has 5 nitrogen and oxygen atoms in total. The van der Waals surface area contributed by atoms with Crippen LogP contribution < -0.4 is 4.74 Å². The number of hydrogen-bond acceptors (Lipinski definition) is 4. The van der Waals surface area contributed by atoms with Crippen molar-refractivity contribution in [2.24, 2.45) is 0 Å². The number of carbonyl (C=O) groups is 1. The van der Waals surface area contributed by atoms with E-state index < -0.39 is 0 Å². The summed E-state index contributed by atoms with van der Waals surface area (Å²) in [5.74, 6) is 0.0736. The van der Waals surface area contributed by atoms with E-state index in [1.54, 1.807) is 24.3 Å². The van der Waals surface area contributed by atoms with Gasteiger partial charge in [0.1, 0.15) is 0 Å². The van der Waals surface area contributed by atoms with Gasteiger partial charge in [-0.2, -0.15) is 9.67 Å². The summed E-state index contributed by atoms with van der Waals surface area (Å²) in [4.78, 5) is 17.4. The minimum absolute atomic E-state index is 0.100. The summed E-state index contributed by atoms with van der Waals surface area (Å²) >= 11 is 6.18. The van der Waals surface area contributed by atoms with Gasteiger partial charge in [-0.15, -0.1) is 5.10 Å². The quantitative estimate of drug-likeness (QED) is 0.657. The first-order chi connectivity index (χ1) is 12.5. The predicted octanol–water partition coefficient (Wildman–Crippen LogP) is 4.64. The van der Waals surface area contributed by atoms with Crippen molar-refractivity contribution in [2.45, 2.75) is 33.3 Å². The molecule has 0 bridgehead atoms. The molecule has 0 amide bonds. The molecule has 3 aromatic rings. The van der Waals surface area contributed by atoms with Gasteiger partial charge in [-0.25, -0.2) is 0 Å². The predicted molar refractivity (Wildman–Crippen MR) is 102 cm³/mol. The average Bonchev–Trinajstić information content (AvgIpc) is 3.04. The molecule has 0 spiro atoms. The van der Waals surface area contributed by atoms with Crippen LogP contribution in [0.25, 0.3) is 11.4 Å². The van der Waals surface area contributed by atoms with Gasteiger partial charge in [0, 0.05) is 5.56 Å². The van der Waals surface area contributed by atoms with E-state index in [4.69, 9.17) is 16.3 Å². The van der Waals surface area contributed by atoms with Gasteiger partial charge in [0.25, 0.3) is 5.91 Å². The zero-order chi connectivity index (χ0) is 18.7. The molecule has 0 radical (unpaired) electrons. The van der Waals surface area contributed by atoms with Gasteiger partial charge in [-0.1, -0.05) is 54.9 Å². The highest BCUT2D eigenvalue weighted by Gasteiger charge is 2.22. The fraction of sp³-hybridized carbons (Fsp3) is 0.250. The van der Waals surface area contributed by atoms with Crippen molar-refractivity contribution in [1.29, 1.82) is 0 Å². The molecule has 1 aromatic heterocycles. The third-order valence-electron chi connectivity index (χ3n) is 3.85. The topological polar surface area (TPSA) is 57.0 Å². The Kier molecular flexibility index (Phi) is 5.38. The Morgan fingerprint density at radius 2 is 1.85 bits per heavy atom. The maximum absolute atomic E-state index is 13.0. The summed E-state index contributed by atoms with van der Waals surface area (Å²) in [5.41, 5.74) is 2.35. The minimum Gasteiger partial charge on any atom is -0.460 e. The second-order valence-electron chi connectivity index (χ2n) is 6.13. The first-order valence-corrected chi connectivity index (χ1v) is 8.89. The van der Waals surface area contributed by atoms with Crippen LogP contribution in [0.3, 0.4) is 0 Å². The maximum atomic E-state index is 13.0. The Morgan fingerprint density at radius 1 is 1.15 bits per heavy atom. The number of aryl methyl sites for hydroxylation is 1. The molecule has 0 saturated carbocycles. The highest BCUT2D eigenvalue weighted by molar-refractivity contribution is 6.33. The van der Waals surface area contributed by atoms with Crippen molar-refractivity contribution >= 4 is 17.5 Å². The molecule has 6 heteroatoms. The Bertz CT molecular complexity index is 917. The van der Waals surface area contributed by atoms with Gasteiger partial charge < -0.3 is 4.74 Å². The summed E-state index contributed by atoms with van der Waals surface area (Å²) in [6, 6.07) is 14.9. The number of benzene rings is 2. The monoisotopic (exact) mass is 369 g/mol. The summed E-state index contributed by atoms with van der Waals surface area (Å²) in [5, 5.41) is 4.63. The third-order valence-corrected chi connectivity index (χ3v) is 4.18. The van der Waals surface area contributed by atoms with Crippen molar-refractivity contribution in [3.8, 4) is 17.4 Å². The van der Waals surface area contributed by atoms with Crippen molar-refractivity contribution in [3.63, 3.8) is 0 Å². The lowest BCUT2D eigenvalue weighted by atomic mass is 10.1. The van der Waals surface area contributed by atoms with Gasteiger partial charge in [0.15, 0.2) is 5.82 Å². The molecule has 0 aliphatic heterocycles. The molecule has 3 rings (SSSR count). The molecular weight excluding hydrogens is 350 g/mol. The van der Waals surface area contributed by atoms with Crippen molar-refractivity contribution in [1.82, 2.24) is 14.8 Å². The summed E-state index contributed by atoms with van der Waals surface area (Å²) in [6.45, 7) is 5.85. The van der Waals surface area contributed by atoms with E-state index in [9.17, 15) is 4.79 Å². The van der Waals surface area contributed by atoms with E-state index >= 15 is 0 Å². The van der Waals surface area contributed by atoms with Crippen LogP contribution in [0.15, 0.2) is 48.5 Å². The van der Waals surface area contributed by atoms with E-state index in [2.05, 4.69) is 17.0 Å². The average molecular weight is 370 g/mol. The van der Waals surface area contributed by atoms with Crippen LogP contribution in [-0.4, -0.2) is 26.8 Å². The van der Waals surface area contributed by atoms with Crippen LogP contribution in [0.5, 0.6) is 6.01 Å². The Labute approximate surface area is 157 Å². The largest absolute Gasteiger partial charge is 0.460 e. The molecular formula is C20H20ClN3O2. The normalized spacial score (nSPS) is 11.0. The molecule has 1 heterocycles. The van der Waals surface area contributed by atoms with Crippen LogP contribution >= 0.6 is 11.6 Å². The van der Waals surface area contributed by atoms with Gasteiger partial charge in [0.05, 0.1) is 16.7 Å². The van der Waals surface area contributed by atoms with E-state index in [1.807, 2.05) is 38.1 Å². The number of nitrogens with zero attached hydrogens (tertiary/aromatic N) is 3. The molecule has 134 valence electrons. The Balaban J connectivity index is 2.08. The molecule has 0 aliphatic carbocycles. The zero-order valence-corrected chi connectivity index (χ0v) is 15.7. The summed E-state index contributed by atoms with van der Waals surface area (Å²) < 4.78 is 6.84. The van der Waals surface area contributed by atoms with E-state index in [0.717, 1.165) is 12.0 Å². The van der Waals surface area contributed by atoms with Crippen LogP contribution in [-0.2, 0) is 6.42 Å². The van der Waals surface area contributed by atoms with E-state index in [-0.39, 0.29) is 18.0 Å². The lowest BCUT2D eigenvalue weighted by Crippen LogP contribution is -2.16. The first-order valence-electron chi connectivity index (χ1n) is 8.52. The second-order valence-corrected chi connectivity index (χ2v) is 6.54. The fourth-order valence-corrected chi connectivity index (χ4v) is 2.74. The van der Waals surface area contributed by atoms with Crippen molar-refractivity contribution in [2.75, 3.05) is 0 Å². The molecule has 0 aliphatic rings. The molecule has 0 N–H and O–H groups in total. The lowest BCUT2D eigenvalue weighted by Gasteiger charge is -2.06. The van der Waals surface area contributed by atoms with E-state index in [1.165, 1.54) is 10.2 Å². The number of carbonyl (C=O) groups excluding carboxylic acids is 1. The molecule has 26 heavy (non-hydrogen) atoms. The minimum atomic E-state index is -0.351. The highest BCUT2D eigenvalue weighted by atomic mass is 35.5. The van der Waals surface area contributed by atoms with Crippen molar-refractivity contribution < 1.29 is 9.53 Å². The Hall–Kier alpha value is -2.66. The van der Waals surface area contributed by atoms with Gasteiger partial charge in [0.2, 0.25) is 0 Å². The second kappa shape index (κ2) is 7.70. The number of rotatable bonds is 5. The number of aromatic nitrogens is 3. The summed E-state index contributed by atoms with van der Waals surface area (Å²) in [6.07, 6.45) is 0.837. The SMILES string of the molecule is CCc1ccc(-c2nc(OC(C)C)nn2C(=O)c2ccccc2Cl)cc1. The van der Waals surface area contributed by atoms with Gasteiger partial charge in [-0.05, 0) is 38.0 Å².